The Morgan fingerprint density at radius 3 is 2.61 bits per heavy atom. The van der Waals surface area contributed by atoms with Gasteiger partial charge in [-0.25, -0.2) is 4.79 Å². The Morgan fingerprint density at radius 2 is 1.88 bits per heavy atom. The lowest BCUT2D eigenvalue weighted by Gasteiger charge is -2.31. The Kier molecular flexibility index (Phi) is 9.03. The number of hydrogen-bond donors (Lipinski definition) is 2. The van der Waals surface area contributed by atoms with E-state index in [4.69, 9.17) is 26.4 Å². The minimum Gasteiger partial charge on any atom is -0.494 e. The van der Waals surface area contributed by atoms with Gasteiger partial charge in [0.1, 0.15) is 5.75 Å². The predicted molar refractivity (Wildman–Crippen MR) is 131 cm³/mol. The van der Waals surface area contributed by atoms with Crippen LogP contribution in [-0.4, -0.2) is 56.5 Å². The molecule has 2 aromatic rings. The number of thiocarbonyl (C=S) groups is 1. The number of esters is 1. The molecule has 1 saturated heterocycles. The SMILES string of the molecule is CCCOc1cccc(C(=O)NC(=S)Nc2cc(C(=O)OCC)ccc2N2CCOCC2)c1. The summed E-state index contributed by atoms with van der Waals surface area (Å²) in [4.78, 5) is 27.1. The Balaban J connectivity index is 1.75. The topological polar surface area (TPSA) is 89.1 Å². The fraction of sp³-hybridized carbons (Fsp3) is 0.375. The summed E-state index contributed by atoms with van der Waals surface area (Å²) in [5.41, 5.74) is 2.29. The highest BCUT2D eigenvalue weighted by Gasteiger charge is 2.19. The molecule has 2 N–H and O–H groups in total. The minimum absolute atomic E-state index is 0.121. The molecule has 0 bridgehead atoms. The second-order valence-electron chi connectivity index (χ2n) is 7.34. The van der Waals surface area contributed by atoms with Gasteiger partial charge in [-0.15, -0.1) is 0 Å². The van der Waals surface area contributed by atoms with Crippen LogP contribution in [0.25, 0.3) is 0 Å². The first-order valence-corrected chi connectivity index (χ1v) is 11.4. The summed E-state index contributed by atoms with van der Waals surface area (Å²) in [7, 11) is 0. The fourth-order valence-electron chi connectivity index (χ4n) is 3.33. The van der Waals surface area contributed by atoms with E-state index in [0.717, 1.165) is 12.1 Å². The van der Waals surface area contributed by atoms with Crippen molar-refractivity contribution in [1.29, 1.82) is 0 Å². The molecule has 0 aromatic heterocycles. The Labute approximate surface area is 199 Å². The van der Waals surface area contributed by atoms with Crippen molar-refractivity contribution in [2.75, 3.05) is 49.7 Å². The Hall–Kier alpha value is -3.17. The van der Waals surface area contributed by atoms with Crippen molar-refractivity contribution in [1.82, 2.24) is 5.32 Å². The van der Waals surface area contributed by atoms with Crippen molar-refractivity contribution in [3.8, 4) is 5.75 Å². The molecule has 8 nitrogen and oxygen atoms in total. The molecule has 0 radical (unpaired) electrons. The molecule has 1 aliphatic rings. The van der Waals surface area contributed by atoms with Gasteiger partial charge in [-0.2, -0.15) is 0 Å². The molecule has 0 spiro atoms. The van der Waals surface area contributed by atoms with Gasteiger partial charge in [0.05, 0.1) is 43.4 Å². The first kappa shape index (κ1) is 24.5. The number of hydrogen-bond acceptors (Lipinski definition) is 7. The average Bonchev–Trinajstić information content (AvgIpc) is 2.83. The molecule has 0 aliphatic carbocycles. The molecule has 33 heavy (non-hydrogen) atoms. The highest BCUT2D eigenvalue weighted by Crippen LogP contribution is 2.28. The van der Waals surface area contributed by atoms with Crippen LogP contribution in [0.15, 0.2) is 42.5 Å². The largest absolute Gasteiger partial charge is 0.494 e. The van der Waals surface area contributed by atoms with Crippen molar-refractivity contribution in [3.05, 3.63) is 53.6 Å². The second kappa shape index (κ2) is 12.2. The van der Waals surface area contributed by atoms with E-state index >= 15 is 0 Å². The van der Waals surface area contributed by atoms with Crippen LogP contribution in [0.4, 0.5) is 11.4 Å². The van der Waals surface area contributed by atoms with Crippen molar-refractivity contribution < 1.29 is 23.8 Å². The molecule has 1 fully saturated rings. The summed E-state index contributed by atoms with van der Waals surface area (Å²) in [5.74, 6) is -0.156. The van der Waals surface area contributed by atoms with Gasteiger partial charge >= 0.3 is 5.97 Å². The average molecular weight is 472 g/mol. The lowest BCUT2D eigenvalue weighted by molar-refractivity contribution is 0.0526. The number of nitrogens with zero attached hydrogens (tertiary/aromatic N) is 1. The van der Waals surface area contributed by atoms with Crippen LogP contribution < -0.4 is 20.3 Å². The summed E-state index contributed by atoms with van der Waals surface area (Å²) < 4.78 is 16.2. The van der Waals surface area contributed by atoms with Gasteiger partial charge in [0, 0.05) is 18.7 Å². The summed E-state index contributed by atoms with van der Waals surface area (Å²) in [5, 5.41) is 5.89. The normalized spacial score (nSPS) is 13.2. The van der Waals surface area contributed by atoms with Crippen LogP contribution in [-0.2, 0) is 9.47 Å². The Morgan fingerprint density at radius 1 is 1.09 bits per heavy atom. The minimum atomic E-state index is -0.423. The third-order valence-corrected chi connectivity index (χ3v) is 5.11. The van der Waals surface area contributed by atoms with Gasteiger partial charge in [0.25, 0.3) is 5.91 Å². The monoisotopic (exact) mass is 471 g/mol. The fourth-order valence-corrected chi connectivity index (χ4v) is 3.54. The van der Waals surface area contributed by atoms with Gasteiger partial charge in [-0.05, 0) is 62.0 Å². The van der Waals surface area contributed by atoms with E-state index in [1.807, 2.05) is 13.0 Å². The highest BCUT2D eigenvalue weighted by atomic mass is 32.1. The summed E-state index contributed by atoms with van der Waals surface area (Å²) in [6.45, 7) is 7.25. The third kappa shape index (κ3) is 6.90. The van der Waals surface area contributed by atoms with Crippen LogP contribution in [0.1, 0.15) is 41.0 Å². The van der Waals surface area contributed by atoms with Gasteiger partial charge in [-0.1, -0.05) is 13.0 Å². The third-order valence-electron chi connectivity index (χ3n) is 4.90. The maximum atomic E-state index is 12.7. The van der Waals surface area contributed by atoms with Crippen molar-refractivity contribution in [2.24, 2.45) is 0 Å². The molecular formula is C24H29N3O5S. The zero-order valence-corrected chi connectivity index (χ0v) is 19.7. The van der Waals surface area contributed by atoms with Gasteiger partial charge in [0.15, 0.2) is 5.11 Å². The molecule has 0 unspecified atom stereocenters. The number of anilines is 2. The van der Waals surface area contributed by atoms with Crippen LogP contribution in [0.2, 0.25) is 0 Å². The zero-order chi connectivity index (χ0) is 23.6. The molecule has 1 heterocycles. The lowest BCUT2D eigenvalue weighted by Crippen LogP contribution is -2.38. The maximum absolute atomic E-state index is 12.7. The molecule has 0 saturated carbocycles. The number of carbonyl (C=O) groups excluding carboxylic acids is 2. The smallest absolute Gasteiger partial charge is 0.338 e. The van der Waals surface area contributed by atoms with E-state index in [1.165, 1.54) is 0 Å². The van der Waals surface area contributed by atoms with Crippen molar-refractivity contribution in [3.63, 3.8) is 0 Å². The van der Waals surface area contributed by atoms with E-state index in [9.17, 15) is 9.59 Å². The van der Waals surface area contributed by atoms with Gasteiger partial charge in [-0.3, -0.25) is 10.1 Å². The zero-order valence-electron chi connectivity index (χ0n) is 18.9. The maximum Gasteiger partial charge on any atom is 0.338 e. The quantitative estimate of drug-likeness (QED) is 0.446. The highest BCUT2D eigenvalue weighted by molar-refractivity contribution is 7.80. The van der Waals surface area contributed by atoms with Crippen molar-refractivity contribution >= 4 is 40.6 Å². The molecule has 1 amide bonds. The molecule has 9 heteroatoms. The molecule has 2 aromatic carbocycles. The number of carbonyl (C=O) groups is 2. The van der Waals surface area contributed by atoms with E-state index < -0.39 is 5.97 Å². The molecule has 3 rings (SSSR count). The summed E-state index contributed by atoms with van der Waals surface area (Å²) >= 11 is 5.40. The van der Waals surface area contributed by atoms with E-state index in [-0.39, 0.29) is 17.6 Å². The number of rotatable bonds is 8. The predicted octanol–water partition coefficient (Wildman–Crippen LogP) is 3.62. The number of morpholine rings is 1. The van der Waals surface area contributed by atoms with Gasteiger partial charge in [0.2, 0.25) is 0 Å². The lowest BCUT2D eigenvalue weighted by atomic mass is 10.1. The first-order chi connectivity index (χ1) is 16.0. The second-order valence-corrected chi connectivity index (χ2v) is 7.74. The van der Waals surface area contributed by atoms with Crippen LogP contribution in [0.3, 0.4) is 0 Å². The number of nitrogens with one attached hydrogen (secondary N) is 2. The van der Waals surface area contributed by atoms with Crippen LogP contribution in [0.5, 0.6) is 5.75 Å². The standard InChI is InChI=1S/C24H29N3O5S/c1-3-12-32-19-7-5-6-17(15-19)22(28)26-24(33)25-20-16-18(23(29)31-4-2)8-9-21(20)27-10-13-30-14-11-27/h5-9,15-16H,3-4,10-14H2,1-2H3,(H2,25,26,28,33). The van der Waals surface area contributed by atoms with Crippen molar-refractivity contribution in [2.45, 2.75) is 20.3 Å². The number of ether oxygens (including phenoxy) is 3. The van der Waals surface area contributed by atoms with Crippen LogP contribution in [0, 0.1) is 0 Å². The molecule has 1 aliphatic heterocycles. The molecular weight excluding hydrogens is 442 g/mol. The van der Waals surface area contributed by atoms with Gasteiger partial charge < -0.3 is 24.4 Å². The summed E-state index contributed by atoms with van der Waals surface area (Å²) in [6.07, 6.45) is 0.876. The first-order valence-electron chi connectivity index (χ1n) is 11.0. The number of amides is 1. The molecule has 176 valence electrons. The molecule has 0 atom stereocenters. The van der Waals surface area contributed by atoms with E-state index in [1.54, 1.807) is 43.3 Å². The van der Waals surface area contributed by atoms with Crippen LogP contribution >= 0.6 is 12.2 Å². The van der Waals surface area contributed by atoms with E-state index in [2.05, 4.69) is 15.5 Å². The number of benzene rings is 2. The Bertz CT molecular complexity index is 992. The summed E-state index contributed by atoms with van der Waals surface area (Å²) in [6, 6.07) is 12.2. The van der Waals surface area contributed by atoms with E-state index in [0.29, 0.717) is 55.5 Å².